The predicted octanol–water partition coefficient (Wildman–Crippen LogP) is 3.56. The first-order chi connectivity index (χ1) is 15.9. The highest BCUT2D eigenvalue weighted by molar-refractivity contribution is 6.04. The molecule has 2 aromatic rings. The molecule has 34 heavy (non-hydrogen) atoms. The molecule has 2 heterocycles. The number of carbonyl (C=O) groups excluding carboxylic acids is 2. The van der Waals surface area contributed by atoms with Crippen molar-refractivity contribution in [3.63, 3.8) is 0 Å². The van der Waals surface area contributed by atoms with Crippen molar-refractivity contribution in [1.82, 2.24) is 10.8 Å². The molecule has 0 spiro atoms. The Morgan fingerprint density at radius 1 is 1.09 bits per heavy atom. The van der Waals surface area contributed by atoms with Crippen LogP contribution in [0.25, 0.3) is 0 Å². The molecule has 6 nitrogen and oxygen atoms in total. The van der Waals surface area contributed by atoms with Gasteiger partial charge in [-0.25, -0.2) is 5.48 Å². The summed E-state index contributed by atoms with van der Waals surface area (Å²) in [4.78, 5) is 32.5. The Morgan fingerprint density at radius 2 is 1.79 bits per heavy atom. The van der Waals surface area contributed by atoms with E-state index in [4.69, 9.17) is 4.84 Å². The van der Waals surface area contributed by atoms with Gasteiger partial charge in [0.25, 0.3) is 11.8 Å². The van der Waals surface area contributed by atoms with Gasteiger partial charge in [-0.1, -0.05) is 30.3 Å². The first-order valence-electron chi connectivity index (χ1n) is 10.0. The zero-order chi connectivity index (χ0) is 24.7. The van der Waals surface area contributed by atoms with Crippen molar-refractivity contribution in [3.05, 3.63) is 70.8 Å². The molecule has 2 aliphatic rings. The van der Waals surface area contributed by atoms with E-state index in [2.05, 4.69) is 15.8 Å². The molecular formula is C22H17F6N3O3. The minimum Gasteiger partial charge on any atom is -0.338 e. The van der Waals surface area contributed by atoms with E-state index in [0.29, 0.717) is 11.6 Å². The Labute approximate surface area is 189 Å². The fourth-order valence-electron chi connectivity index (χ4n) is 3.87. The summed E-state index contributed by atoms with van der Waals surface area (Å²) in [5.74, 6) is -1.09. The molecule has 2 unspecified atom stereocenters. The largest absolute Gasteiger partial charge is 0.416 e. The number of halogens is 6. The van der Waals surface area contributed by atoms with E-state index in [9.17, 15) is 35.9 Å². The van der Waals surface area contributed by atoms with Crippen molar-refractivity contribution in [3.8, 4) is 0 Å². The van der Waals surface area contributed by atoms with Gasteiger partial charge < -0.3 is 5.32 Å². The average molecular weight is 485 g/mol. The third-order valence-electron chi connectivity index (χ3n) is 5.82. The Morgan fingerprint density at radius 3 is 2.38 bits per heavy atom. The lowest BCUT2D eigenvalue weighted by atomic mass is 9.76. The van der Waals surface area contributed by atoms with Gasteiger partial charge in [0.05, 0.1) is 12.1 Å². The van der Waals surface area contributed by atoms with Gasteiger partial charge in [0.2, 0.25) is 0 Å². The number of alkyl halides is 6. The number of nitrogens with one attached hydrogen (secondary N) is 2. The molecule has 4 rings (SSSR count). The summed E-state index contributed by atoms with van der Waals surface area (Å²) in [7, 11) is 0. The summed E-state index contributed by atoms with van der Waals surface area (Å²) >= 11 is 0. The van der Waals surface area contributed by atoms with E-state index in [0.717, 1.165) is 18.2 Å². The molecule has 1 saturated heterocycles. The zero-order valence-corrected chi connectivity index (χ0v) is 17.3. The Kier molecular flexibility index (Phi) is 5.88. The second kappa shape index (κ2) is 8.42. The number of hydrogen-bond donors (Lipinski definition) is 2. The molecule has 2 aromatic carbocycles. The van der Waals surface area contributed by atoms with Crippen LogP contribution in [0.5, 0.6) is 0 Å². The minimum absolute atomic E-state index is 0.0471. The maximum atomic E-state index is 14.2. The van der Waals surface area contributed by atoms with Gasteiger partial charge in [0.1, 0.15) is 18.1 Å². The lowest BCUT2D eigenvalue weighted by Crippen LogP contribution is -2.44. The van der Waals surface area contributed by atoms with Gasteiger partial charge in [-0.05, 0) is 29.3 Å². The van der Waals surface area contributed by atoms with Crippen molar-refractivity contribution in [1.29, 1.82) is 0 Å². The molecule has 180 valence electrons. The number of benzene rings is 2. The van der Waals surface area contributed by atoms with Crippen molar-refractivity contribution in [2.75, 3.05) is 13.2 Å². The lowest BCUT2D eigenvalue weighted by Gasteiger charge is -2.32. The molecule has 12 heteroatoms. The Hall–Kier alpha value is -3.41. The third-order valence-corrected chi connectivity index (χ3v) is 5.82. The van der Waals surface area contributed by atoms with E-state index in [-0.39, 0.29) is 17.9 Å². The summed E-state index contributed by atoms with van der Waals surface area (Å²) in [6, 6.07) is 7.86. The molecule has 2 atom stereocenters. The molecule has 0 aliphatic carbocycles. The number of carbonyl (C=O) groups is 2. The smallest absolute Gasteiger partial charge is 0.338 e. The van der Waals surface area contributed by atoms with Gasteiger partial charge in [0.15, 0.2) is 0 Å². The third kappa shape index (κ3) is 4.37. The van der Waals surface area contributed by atoms with E-state index in [1.54, 1.807) is 0 Å². The van der Waals surface area contributed by atoms with Gasteiger partial charge in [-0.2, -0.15) is 26.3 Å². The number of aliphatic imine (C=N–C) groups is 1. The first kappa shape index (κ1) is 23.7. The second-order valence-corrected chi connectivity index (χ2v) is 7.98. The van der Waals surface area contributed by atoms with E-state index in [1.807, 2.05) is 0 Å². The van der Waals surface area contributed by atoms with Crippen LogP contribution in [-0.4, -0.2) is 42.9 Å². The van der Waals surface area contributed by atoms with Crippen LogP contribution in [0.2, 0.25) is 0 Å². The number of nitrogens with zero attached hydrogens (tertiary/aromatic N) is 1. The molecular weight excluding hydrogens is 468 g/mol. The summed E-state index contributed by atoms with van der Waals surface area (Å²) in [6.45, 7) is -0.805. The predicted molar refractivity (Wildman–Crippen MR) is 107 cm³/mol. The van der Waals surface area contributed by atoms with Gasteiger partial charge in [0, 0.05) is 17.7 Å². The second-order valence-electron chi connectivity index (χ2n) is 7.98. The van der Waals surface area contributed by atoms with Crippen molar-refractivity contribution in [2.45, 2.75) is 30.2 Å². The summed E-state index contributed by atoms with van der Waals surface area (Å²) in [5, 5.41) is 2.46. The maximum Gasteiger partial charge on any atom is 0.416 e. The molecule has 2 amide bonds. The van der Waals surface area contributed by atoms with Gasteiger partial charge >= 0.3 is 12.4 Å². The number of hydroxylamine groups is 1. The van der Waals surface area contributed by atoms with Gasteiger partial charge in [-0.15, -0.1) is 0 Å². The van der Waals surface area contributed by atoms with Crippen LogP contribution in [0.1, 0.15) is 33.5 Å². The quantitative estimate of drug-likeness (QED) is 0.651. The van der Waals surface area contributed by atoms with Crippen LogP contribution in [-0.2, 0) is 21.2 Å². The molecule has 2 N–H and O–H groups in total. The molecule has 2 aliphatic heterocycles. The highest BCUT2D eigenvalue weighted by Crippen LogP contribution is 2.48. The zero-order valence-electron chi connectivity index (χ0n) is 17.3. The summed E-state index contributed by atoms with van der Waals surface area (Å²) in [5.41, 5.74) is -1.67. The van der Waals surface area contributed by atoms with E-state index < -0.39 is 59.7 Å². The van der Waals surface area contributed by atoms with E-state index in [1.165, 1.54) is 24.3 Å². The minimum atomic E-state index is -4.85. The van der Waals surface area contributed by atoms with Gasteiger partial charge in [-0.3, -0.25) is 19.4 Å². The molecule has 0 aromatic heterocycles. The van der Waals surface area contributed by atoms with Crippen molar-refractivity contribution < 1.29 is 40.8 Å². The fraction of sp³-hybridized carbons (Fsp3) is 0.318. The SMILES string of the molecule is O=C(NC1CONC1=O)c1ccc(C2=NCC(c3cccc(C(F)(F)F)c3)(C(F)(F)F)C2)cc1. The molecule has 0 bridgehead atoms. The molecule has 0 radical (unpaired) electrons. The van der Waals surface area contributed by atoms with Crippen LogP contribution >= 0.6 is 0 Å². The van der Waals surface area contributed by atoms with E-state index >= 15 is 0 Å². The monoisotopic (exact) mass is 485 g/mol. The number of rotatable bonds is 4. The normalized spacial score (nSPS) is 22.9. The number of amides is 2. The topological polar surface area (TPSA) is 79.8 Å². The standard InChI is InChI=1S/C22H17F6N3O3/c23-21(24,25)15-3-1-2-14(8-15)20(22(26,27)28)9-16(29-11-20)12-4-6-13(7-5-12)18(32)30-17-10-34-31-19(17)33/h1-8,17H,9-11H2,(H,30,32)(H,31,33). The van der Waals surface area contributed by atoms with Crippen LogP contribution in [0, 0.1) is 0 Å². The fourth-order valence-corrected chi connectivity index (χ4v) is 3.87. The van der Waals surface area contributed by atoms with Crippen LogP contribution in [0.4, 0.5) is 26.3 Å². The Bertz CT molecular complexity index is 1140. The van der Waals surface area contributed by atoms with Crippen LogP contribution in [0.3, 0.4) is 0 Å². The first-order valence-corrected chi connectivity index (χ1v) is 10.0. The highest BCUT2D eigenvalue weighted by Gasteiger charge is 2.58. The summed E-state index contributed by atoms with van der Waals surface area (Å²) in [6.07, 6.45) is -10.3. The molecule has 0 saturated carbocycles. The number of hydrogen-bond acceptors (Lipinski definition) is 4. The summed E-state index contributed by atoms with van der Waals surface area (Å²) < 4.78 is 81.8. The Balaban J connectivity index is 1.55. The van der Waals surface area contributed by atoms with Crippen LogP contribution in [0.15, 0.2) is 53.5 Å². The molecule has 1 fully saturated rings. The van der Waals surface area contributed by atoms with Crippen molar-refractivity contribution in [2.24, 2.45) is 4.99 Å². The lowest BCUT2D eigenvalue weighted by molar-refractivity contribution is -0.184. The van der Waals surface area contributed by atoms with Crippen LogP contribution < -0.4 is 10.8 Å². The maximum absolute atomic E-state index is 14.2. The highest BCUT2D eigenvalue weighted by atomic mass is 19.4. The average Bonchev–Trinajstić information content (AvgIpc) is 3.41. The van der Waals surface area contributed by atoms with Crippen molar-refractivity contribution >= 4 is 17.5 Å².